The van der Waals surface area contributed by atoms with Crippen LogP contribution in [0.2, 0.25) is 0 Å². The van der Waals surface area contributed by atoms with Crippen molar-refractivity contribution in [2.75, 3.05) is 33.3 Å². The van der Waals surface area contributed by atoms with E-state index in [1.807, 2.05) is 42.7 Å². The van der Waals surface area contributed by atoms with Crippen LogP contribution < -0.4 is 15.6 Å². The SMILES string of the molecule is CN(C(=O)CO)[C@H]1CCN(Cc2cnc3cc(Oc4ccc(C5CCNN5)cn4)ccc3c2)C1. The Kier molecular flexibility index (Phi) is 6.68. The Labute approximate surface area is 198 Å². The standard InChI is InChI=1S/C25H30N6O3/c1-30(25(33)16-32)20-7-9-31(15-20)14-17-10-18-2-4-21(11-23(18)26-12-17)34-24-5-3-19(13-27-24)22-6-8-28-29-22/h2-5,10-13,20,22,28-29,32H,6-9,14-16H2,1H3/t20-,22?/m0/s1. The third-order valence-corrected chi connectivity index (χ3v) is 6.66. The number of hydrogen-bond acceptors (Lipinski definition) is 8. The number of rotatable bonds is 7. The number of benzene rings is 1. The van der Waals surface area contributed by atoms with Crippen LogP contribution in [0.1, 0.15) is 30.0 Å². The number of carbonyl (C=O) groups excluding carboxylic acids is 1. The minimum absolute atomic E-state index is 0.140. The van der Waals surface area contributed by atoms with Crippen LogP contribution in [0.4, 0.5) is 0 Å². The van der Waals surface area contributed by atoms with E-state index in [9.17, 15) is 4.79 Å². The molecule has 1 unspecified atom stereocenters. The third-order valence-electron chi connectivity index (χ3n) is 6.66. The molecule has 2 atom stereocenters. The molecule has 1 amide bonds. The number of amides is 1. The van der Waals surface area contributed by atoms with Gasteiger partial charge in [-0.1, -0.05) is 6.07 Å². The maximum absolute atomic E-state index is 11.8. The van der Waals surface area contributed by atoms with Crippen LogP contribution in [0.3, 0.4) is 0 Å². The van der Waals surface area contributed by atoms with E-state index in [0.717, 1.165) is 61.1 Å². The number of hydrogen-bond donors (Lipinski definition) is 3. The molecule has 0 aliphatic carbocycles. The molecule has 2 aliphatic rings. The fraction of sp³-hybridized carbons (Fsp3) is 0.400. The molecule has 0 radical (unpaired) electrons. The lowest BCUT2D eigenvalue weighted by Crippen LogP contribution is -2.40. The van der Waals surface area contributed by atoms with Crippen LogP contribution in [0.25, 0.3) is 10.9 Å². The highest BCUT2D eigenvalue weighted by molar-refractivity contribution is 5.80. The van der Waals surface area contributed by atoms with Gasteiger partial charge in [-0.15, -0.1) is 0 Å². The molecule has 34 heavy (non-hydrogen) atoms. The second kappa shape index (κ2) is 10.0. The number of nitrogens with zero attached hydrogens (tertiary/aromatic N) is 4. The summed E-state index contributed by atoms with van der Waals surface area (Å²) in [5.41, 5.74) is 9.51. The Bertz CT molecular complexity index is 1150. The highest BCUT2D eigenvalue weighted by atomic mass is 16.5. The van der Waals surface area contributed by atoms with Crippen LogP contribution in [0, 0.1) is 0 Å². The summed E-state index contributed by atoms with van der Waals surface area (Å²) in [4.78, 5) is 24.8. The first-order valence-electron chi connectivity index (χ1n) is 11.7. The Hall–Kier alpha value is -3.11. The van der Waals surface area contributed by atoms with E-state index >= 15 is 0 Å². The van der Waals surface area contributed by atoms with E-state index in [-0.39, 0.29) is 18.0 Å². The third kappa shape index (κ3) is 5.02. The van der Waals surface area contributed by atoms with Crippen molar-refractivity contribution < 1.29 is 14.6 Å². The molecule has 0 spiro atoms. The Morgan fingerprint density at radius 2 is 2.12 bits per heavy atom. The van der Waals surface area contributed by atoms with Crippen LogP contribution in [0.5, 0.6) is 11.6 Å². The number of aromatic nitrogens is 2. The number of nitrogens with one attached hydrogen (secondary N) is 2. The fourth-order valence-corrected chi connectivity index (χ4v) is 4.66. The summed E-state index contributed by atoms with van der Waals surface area (Å²) in [5, 5.41) is 10.1. The average Bonchev–Trinajstić information content (AvgIpc) is 3.56. The predicted octanol–water partition coefficient (Wildman–Crippen LogP) is 1.99. The number of aliphatic hydroxyl groups is 1. The average molecular weight is 463 g/mol. The molecule has 2 aliphatic heterocycles. The first-order chi connectivity index (χ1) is 16.6. The number of fused-ring (bicyclic) bond motifs is 1. The van der Waals surface area contributed by atoms with Crippen molar-refractivity contribution >= 4 is 16.8 Å². The molecule has 3 N–H and O–H groups in total. The second-order valence-corrected chi connectivity index (χ2v) is 8.98. The maximum atomic E-state index is 11.8. The molecule has 0 saturated carbocycles. The molecule has 2 fully saturated rings. The van der Waals surface area contributed by atoms with Crippen LogP contribution in [-0.4, -0.2) is 70.1 Å². The zero-order valence-corrected chi connectivity index (χ0v) is 19.3. The zero-order valence-electron chi connectivity index (χ0n) is 19.3. The van der Waals surface area contributed by atoms with E-state index in [1.165, 1.54) is 0 Å². The number of aliphatic hydroxyl groups excluding tert-OH is 1. The molecule has 0 bridgehead atoms. The monoisotopic (exact) mass is 462 g/mol. The van der Waals surface area contributed by atoms with Crippen molar-refractivity contribution in [2.45, 2.75) is 31.5 Å². The largest absolute Gasteiger partial charge is 0.439 e. The van der Waals surface area contributed by atoms with Gasteiger partial charge in [-0.05, 0) is 42.2 Å². The summed E-state index contributed by atoms with van der Waals surface area (Å²) in [6.45, 7) is 3.00. The quantitative estimate of drug-likeness (QED) is 0.490. The lowest BCUT2D eigenvalue weighted by Gasteiger charge is -2.24. The number of ether oxygens (including phenoxy) is 1. The molecule has 2 aromatic heterocycles. The van der Waals surface area contributed by atoms with E-state index < -0.39 is 6.61 Å². The highest BCUT2D eigenvalue weighted by Crippen LogP contribution is 2.26. The fourth-order valence-electron chi connectivity index (χ4n) is 4.66. The van der Waals surface area contributed by atoms with E-state index in [2.05, 4.69) is 31.8 Å². The molecular weight excluding hydrogens is 432 g/mol. The van der Waals surface area contributed by atoms with Crippen molar-refractivity contribution in [3.8, 4) is 11.6 Å². The second-order valence-electron chi connectivity index (χ2n) is 8.98. The molecule has 9 heteroatoms. The summed E-state index contributed by atoms with van der Waals surface area (Å²) < 4.78 is 5.96. The molecule has 178 valence electrons. The van der Waals surface area contributed by atoms with Gasteiger partial charge in [-0.2, -0.15) is 0 Å². The number of carbonyl (C=O) groups is 1. The molecule has 9 nitrogen and oxygen atoms in total. The van der Waals surface area contributed by atoms with Gasteiger partial charge in [-0.25, -0.2) is 4.98 Å². The first-order valence-corrected chi connectivity index (χ1v) is 11.7. The van der Waals surface area contributed by atoms with Gasteiger partial charge >= 0.3 is 0 Å². The Morgan fingerprint density at radius 3 is 2.88 bits per heavy atom. The molecule has 4 heterocycles. The van der Waals surface area contributed by atoms with E-state index in [0.29, 0.717) is 11.6 Å². The summed E-state index contributed by atoms with van der Waals surface area (Å²) in [6, 6.07) is 12.4. The summed E-state index contributed by atoms with van der Waals surface area (Å²) in [5.74, 6) is 1.03. The van der Waals surface area contributed by atoms with Gasteiger partial charge in [0.25, 0.3) is 0 Å². The van der Waals surface area contributed by atoms with Crippen LogP contribution >= 0.6 is 0 Å². The lowest BCUT2D eigenvalue weighted by atomic mass is 10.1. The number of hydrazine groups is 1. The molecule has 5 rings (SSSR count). The maximum Gasteiger partial charge on any atom is 0.248 e. The number of pyridine rings is 2. The van der Waals surface area contributed by atoms with Crippen LogP contribution in [0.15, 0.2) is 48.8 Å². The topological polar surface area (TPSA) is 103 Å². The van der Waals surface area contributed by atoms with Crippen molar-refractivity contribution in [2.24, 2.45) is 0 Å². The van der Waals surface area contributed by atoms with E-state index in [4.69, 9.17) is 9.84 Å². The van der Waals surface area contributed by atoms with Gasteiger partial charge in [0.2, 0.25) is 11.8 Å². The van der Waals surface area contributed by atoms with Crippen LogP contribution in [-0.2, 0) is 11.3 Å². The first kappa shape index (κ1) is 22.7. The van der Waals surface area contributed by atoms with Crippen molar-refractivity contribution in [1.29, 1.82) is 0 Å². The van der Waals surface area contributed by atoms with Gasteiger partial charge in [0, 0.05) is 75.2 Å². The zero-order chi connectivity index (χ0) is 23.5. The summed E-state index contributed by atoms with van der Waals surface area (Å²) in [7, 11) is 1.76. The minimum Gasteiger partial charge on any atom is -0.439 e. The van der Waals surface area contributed by atoms with Gasteiger partial charge in [0.1, 0.15) is 12.4 Å². The predicted molar refractivity (Wildman–Crippen MR) is 128 cm³/mol. The van der Waals surface area contributed by atoms with Gasteiger partial charge in [0.15, 0.2) is 0 Å². The normalized spacial score (nSPS) is 20.6. The van der Waals surface area contributed by atoms with Gasteiger partial charge in [-0.3, -0.25) is 25.5 Å². The summed E-state index contributed by atoms with van der Waals surface area (Å²) in [6.07, 6.45) is 5.70. The number of likely N-dealkylation sites (tertiary alicyclic amines) is 1. The molecular formula is C25H30N6O3. The van der Waals surface area contributed by atoms with Gasteiger partial charge < -0.3 is 14.7 Å². The Balaban J connectivity index is 1.21. The molecule has 2 saturated heterocycles. The molecule has 3 aromatic rings. The van der Waals surface area contributed by atoms with Gasteiger partial charge in [0.05, 0.1) is 5.52 Å². The number of likely N-dealkylation sites (N-methyl/N-ethyl adjacent to an activating group) is 1. The van der Waals surface area contributed by atoms with Crippen molar-refractivity contribution in [3.63, 3.8) is 0 Å². The lowest BCUT2D eigenvalue weighted by molar-refractivity contribution is -0.134. The highest BCUT2D eigenvalue weighted by Gasteiger charge is 2.28. The van der Waals surface area contributed by atoms with E-state index in [1.54, 1.807) is 11.9 Å². The summed E-state index contributed by atoms with van der Waals surface area (Å²) >= 11 is 0. The minimum atomic E-state index is -0.440. The van der Waals surface area contributed by atoms with Crippen molar-refractivity contribution in [3.05, 3.63) is 59.9 Å². The van der Waals surface area contributed by atoms with Crippen molar-refractivity contribution in [1.82, 2.24) is 30.6 Å². The Morgan fingerprint density at radius 1 is 1.21 bits per heavy atom. The molecule has 1 aromatic carbocycles. The smallest absolute Gasteiger partial charge is 0.248 e.